The van der Waals surface area contributed by atoms with Gasteiger partial charge < -0.3 is 5.11 Å². The summed E-state index contributed by atoms with van der Waals surface area (Å²) in [4.78, 5) is 16.1. The van der Waals surface area contributed by atoms with E-state index < -0.39 is 5.97 Å². The standard InChI is InChI=1S/C14H23NO2S2/c1-4-6-7-11(5-2)9-18-14-15-10(3)12(19-14)8-13(16)17/h11H,4-9H2,1-3H3,(H,16,17). The fourth-order valence-electron chi connectivity index (χ4n) is 1.85. The second kappa shape index (κ2) is 8.59. The predicted octanol–water partition coefficient (Wildman–Crippen LogP) is 4.39. The molecule has 1 N–H and O–H groups in total. The van der Waals surface area contributed by atoms with Crippen molar-refractivity contribution in [3.63, 3.8) is 0 Å². The lowest BCUT2D eigenvalue weighted by Gasteiger charge is -2.12. The van der Waals surface area contributed by atoms with Crippen molar-refractivity contribution in [1.82, 2.24) is 4.98 Å². The van der Waals surface area contributed by atoms with Crippen LogP contribution in [0.3, 0.4) is 0 Å². The molecule has 0 bridgehead atoms. The van der Waals surface area contributed by atoms with E-state index >= 15 is 0 Å². The number of rotatable bonds is 9. The minimum absolute atomic E-state index is 0.0943. The Kier molecular flexibility index (Phi) is 7.46. The van der Waals surface area contributed by atoms with E-state index in [1.165, 1.54) is 37.0 Å². The fourth-order valence-corrected chi connectivity index (χ4v) is 4.36. The number of unbranched alkanes of at least 4 members (excludes halogenated alkanes) is 1. The van der Waals surface area contributed by atoms with Crippen molar-refractivity contribution in [2.24, 2.45) is 5.92 Å². The van der Waals surface area contributed by atoms with Gasteiger partial charge in [-0.2, -0.15) is 0 Å². The summed E-state index contributed by atoms with van der Waals surface area (Å²) in [5.41, 5.74) is 0.872. The van der Waals surface area contributed by atoms with E-state index in [1.807, 2.05) is 6.92 Å². The highest BCUT2D eigenvalue weighted by atomic mass is 32.2. The SMILES string of the molecule is CCCCC(CC)CSc1nc(C)c(CC(=O)O)s1. The molecule has 1 atom stereocenters. The van der Waals surface area contributed by atoms with Crippen LogP contribution < -0.4 is 0 Å². The Balaban J connectivity index is 2.50. The van der Waals surface area contributed by atoms with Gasteiger partial charge in [0.2, 0.25) is 0 Å². The van der Waals surface area contributed by atoms with Crippen LogP contribution in [0.2, 0.25) is 0 Å². The van der Waals surface area contributed by atoms with Crippen LogP contribution in [0.4, 0.5) is 0 Å². The largest absolute Gasteiger partial charge is 0.481 e. The molecule has 0 aromatic carbocycles. The number of aromatic nitrogens is 1. The number of carboxylic acids is 1. The van der Waals surface area contributed by atoms with E-state index in [9.17, 15) is 4.79 Å². The summed E-state index contributed by atoms with van der Waals surface area (Å²) in [6.07, 6.45) is 5.13. The van der Waals surface area contributed by atoms with Crippen molar-refractivity contribution < 1.29 is 9.90 Å². The van der Waals surface area contributed by atoms with Gasteiger partial charge in [-0.3, -0.25) is 4.79 Å². The molecule has 3 nitrogen and oxygen atoms in total. The maximum Gasteiger partial charge on any atom is 0.308 e. The minimum Gasteiger partial charge on any atom is -0.481 e. The van der Waals surface area contributed by atoms with Crippen LogP contribution in [0, 0.1) is 12.8 Å². The van der Waals surface area contributed by atoms with E-state index in [1.54, 1.807) is 11.8 Å². The van der Waals surface area contributed by atoms with Gasteiger partial charge in [-0.1, -0.05) is 44.9 Å². The zero-order valence-corrected chi connectivity index (χ0v) is 13.6. The van der Waals surface area contributed by atoms with Gasteiger partial charge in [-0.05, 0) is 19.3 Å². The number of carboxylic acid groups (broad SMARTS) is 1. The first-order valence-electron chi connectivity index (χ1n) is 6.87. The molecule has 5 heteroatoms. The molecule has 1 aromatic heterocycles. The van der Waals surface area contributed by atoms with Gasteiger partial charge in [0.25, 0.3) is 0 Å². The summed E-state index contributed by atoms with van der Waals surface area (Å²) in [5, 5.41) is 8.83. The van der Waals surface area contributed by atoms with Crippen LogP contribution in [0.15, 0.2) is 4.34 Å². The number of carbonyl (C=O) groups is 1. The van der Waals surface area contributed by atoms with Gasteiger partial charge in [0, 0.05) is 10.6 Å². The molecule has 19 heavy (non-hydrogen) atoms. The summed E-state index contributed by atoms with van der Waals surface area (Å²) in [7, 11) is 0. The Labute approximate surface area is 123 Å². The van der Waals surface area contributed by atoms with E-state index in [0.717, 1.165) is 26.6 Å². The normalized spacial score (nSPS) is 12.6. The third-order valence-corrected chi connectivity index (χ3v) is 5.70. The number of nitrogens with zero attached hydrogens (tertiary/aromatic N) is 1. The first-order valence-corrected chi connectivity index (χ1v) is 8.67. The van der Waals surface area contributed by atoms with Crippen LogP contribution in [0.5, 0.6) is 0 Å². The van der Waals surface area contributed by atoms with E-state index in [-0.39, 0.29) is 6.42 Å². The van der Waals surface area contributed by atoms with E-state index in [4.69, 9.17) is 5.11 Å². The van der Waals surface area contributed by atoms with Crippen LogP contribution in [0.25, 0.3) is 0 Å². The lowest BCUT2D eigenvalue weighted by molar-refractivity contribution is -0.136. The molecule has 0 spiro atoms. The molecule has 0 aliphatic carbocycles. The molecule has 0 saturated heterocycles. The number of aliphatic carboxylic acids is 1. The predicted molar refractivity (Wildman–Crippen MR) is 82.2 cm³/mol. The van der Waals surface area contributed by atoms with Crippen LogP contribution in [-0.4, -0.2) is 21.8 Å². The van der Waals surface area contributed by atoms with Crippen molar-refractivity contribution in [3.8, 4) is 0 Å². The zero-order valence-electron chi connectivity index (χ0n) is 11.9. The zero-order chi connectivity index (χ0) is 14.3. The lowest BCUT2D eigenvalue weighted by atomic mass is 10.0. The van der Waals surface area contributed by atoms with Gasteiger partial charge in [-0.15, -0.1) is 11.3 Å². The number of hydrogen-bond donors (Lipinski definition) is 1. The second-order valence-electron chi connectivity index (χ2n) is 4.79. The first kappa shape index (κ1) is 16.5. The van der Waals surface area contributed by atoms with Gasteiger partial charge >= 0.3 is 5.97 Å². The average molecular weight is 301 g/mol. The molecule has 0 saturated carbocycles. The Morgan fingerprint density at radius 3 is 2.79 bits per heavy atom. The average Bonchev–Trinajstić information content (AvgIpc) is 2.69. The summed E-state index contributed by atoms with van der Waals surface area (Å²) in [5.74, 6) is 1.06. The fraction of sp³-hybridized carbons (Fsp3) is 0.714. The first-order chi connectivity index (χ1) is 9.06. The van der Waals surface area contributed by atoms with Gasteiger partial charge in [0.15, 0.2) is 0 Å². The Bertz CT molecular complexity index is 404. The smallest absolute Gasteiger partial charge is 0.308 e. The molecule has 108 valence electrons. The van der Waals surface area contributed by atoms with Crippen molar-refractivity contribution in [2.75, 3.05) is 5.75 Å². The van der Waals surface area contributed by atoms with E-state index in [2.05, 4.69) is 18.8 Å². The summed E-state index contributed by atoms with van der Waals surface area (Å²) >= 11 is 3.32. The number of thioether (sulfide) groups is 1. The lowest BCUT2D eigenvalue weighted by Crippen LogP contribution is -2.01. The highest BCUT2D eigenvalue weighted by molar-refractivity contribution is 8.01. The summed E-state index contributed by atoms with van der Waals surface area (Å²) < 4.78 is 1.02. The quantitative estimate of drug-likeness (QED) is 0.687. The number of thiazole rings is 1. The Hall–Kier alpha value is -0.550. The van der Waals surface area contributed by atoms with Crippen molar-refractivity contribution in [2.45, 2.75) is 57.2 Å². The monoisotopic (exact) mass is 301 g/mol. The molecule has 0 aliphatic rings. The topological polar surface area (TPSA) is 50.2 Å². The maximum atomic E-state index is 10.7. The minimum atomic E-state index is -0.780. The Morgan fingerprint density at radius 2 is 2.21 bits per heavy atom. The molecule has 0 fully saturated rings. The number of aryl methyl sites for hydroxylation is 1. The van der Waals surface area contributed by atoms with Gasteiger partial charge in [-0.25, -0.2) is 4.98 Å². The highest BCUT2D eigenvalue weighted by Gasteiger charge is 2.13. The molecule has 1 heterocycles. The van der Waals surface area contributed by atoms with Gasteiger partial charge in [0.05, 0.1) is 12.1 Å². The van der Waals surface area contributed by atoms with Crippen LogP contribution in [-0.2, 0) is 11.2 Å². The van der Waals surface area contributed by atoms with Crippen molar-refractivity contribution >= 4 is 29.1 Å². The molecule has 1 aromatic rings. The third kappa shape index (κ3) is 5.95. The Morgan fingerprint density at radius 1 is 1.47 bits per heavy atom. The summed E-state index contributed by atoms with van der Waals surface area (Å²) in [6.45, 7) is 6.36. The van der Waals surface area contributed by atoms with Crippen LogP contribution >= 0.6 is 23.1 Å². The van der Waals surface area contributed by atoms with Gasteiger partial charge in [0.1, 0.15) is 4.34 Å². The molecule has 0 amide bonds. The highest BCUT2D eigenvalue weighted by Crippen LogP contribution is 2.30. The maximum absolute atomic E-state index is 10.7. The number of hydrogen-bond acceptors (Lipinski definition) is 4. The van der Waals surface area contributed by atoms with Crippen molar-refractivity contribution in [3.05, 3.63) is 10.6 Å². The molecule has 1 rings (SSSR count). The molecule has 0 aliphatic heterocycles. The van der Waals surface area contributed by atoms with Crippen molar-refractivity contribution in [1.29, 1.82) is 0 Å². The second-order valence-corrected chi connectivity index (χ2v) is 7.14. The van der Waals surface area contributed by atoms with E-state index in [0.29, 0.717) is 0 Å². The molecular formula is C14H23NO2S2. The third-order valence-electron chi connectivity index (χ3n) is 3.17. The molecular weight excluding hydrogens is 278 g/mol. The van der Waals surface area contributed by atoms with Crippen LogP contribution in [0.1, 0.15) is 50.1 Å². The summed E-state index contributed by atoms with van der Waals surface area (Å²) in [6, 6.07) is 0. The molecule has 0 radical (unpaired) electrons. The molecule has 1 unspecified atom stereocenters.